The highest BCUT2D eigenvalue weighted by molar-refractivity contribution is 5.97. The fourth-order valence-corrected chi connectivity index (χ4v) is 4.01. The number of rotatable bonds is 1. The van der Waals surface area contributed by atoms with Crippen molar-refractivity contribution in [3.63, 3.8) is 0 Å². The quantitative estimate of drug-likeness (QED) is 0.439. The molecule has 0 amide bonds. The summed E-state index contributed by atoms with van der Waals surface area (Å²) in [4.78, 5) is 12.2. The van der Waals surface area contributed by atoms with E-state index in [2.05, 4.69) is 6.07 Å². The number of fused-ring (bicyclic) bond motifs is 3. The molecule has 0 saturated carbocycles. The normalized spacial score (nSPS) is 14.1. The van der Waals surface area contributed by atoms with E-state index in [1.165, 1.54) is 24.0 Å². The smallest absolute Gasteiger partial charge is 0.336 e. The number of hydrogen-bond donors (Lipinski definition) is 0. The number of furan rings is 1. The van der Waals surface area contributed by atoms with E-state index in [1.807, 2.05) is 37.3 Å². The van der Waals surface area contributed by atoms with Crippen molar-refractivity contribution in [2.24, 2.45) is 0 Å². The molecule has 0 atom stereocenters. The summed E-state index contributed by atoms with van der Waals surface area (Å²) in [6, 6.07) is 13.8. The van der Waals surface area contributed by atoms with Crippen molar-refractivity contribution in [2.45, 2.75) is 32.6 Å². The first-order valence-electron chi connectivity index (χ1n) is 8.79. The van der Waals surface area contributed by atoms with Gasteiger partial charge < -0.3 is 8.83 Å². The molecule has 25 heavy (non-hydrogen) atoms. The number of hydrogen-bond acceptors (Lipinski definition) is 3. The molecule has 1 aliphatic carbocycles. The minimum atomic E-state index is -0.335. The first-order valence-corrected chi connectivity index (χ1v) is 8.79. The van der Waals surface area contributed by atoms with Crippen LogP contribution in [0.1, 0.15) is 29.5 Å². The molecule has 124 valence electrons. The van der Waals surface area contributed by atoms with Gasteiger partial charge in [-0.15, -0.1) is 0 Å². The molecule has 2 heterocycles. The molecule has 0 fully saturated rings. The number of aryl methyl sites for hydroxylation is 3. The van der Waals surface area contributed by atoms with Gasteiger partial charge in [-0.1, -0.05) is 18.2 Å². The van der Waals surface area contributed by atoms with E-state index in [9.17, 15) is 4.79 Å². The minimum Gasteiger partial charge on any atom is -0.456 e. The predicted octanol–water partition coefficient (Wildman–Crippen LogP) is 5.39. The average Bonchev–Trinajstić information content (AvgIpc) is 2.96. The van der Waals surface area contributed by atoms with E-state index in [-0.39, 0.29) is 5.63 Å². The van der Waals surface area contributed by atoms with Crippen molar-refractivity contribution in [3.05, 3.63) is 69.6 Å². The van der Waals surface area contributed by atoms with Crippen molar-refractivity contribution in [2.75, 3.05) is 0 Å². The second-order valence-electron chi connectivity index (χ2n) is 6.86. The van der Waals surface area contributed by atoms with E-state index >= 15 is 0 Å². The third kappa shape index (κ3) is 2.23. The molecule has 0 radical (unpaired) electrons. The van der Waals surface area contributed by atoms with E-state index in [4.69, 9.17) is 8.83 Å². The first-order chi connectivity index (χ1) is 12.2. The number of benzene rings is 2. The van der Waals surface area contributed by atoms with E-state index in [0.717, 1.165) is 46.1 Å². The van der Waals surface area contributed by atoms with Gasteiger partial charge in [-0.25, -0.2) is 4.79 Å². The molecule has 0 aliphatic heterocycles. The van der Waals surface area contributed by atoms with Gasteiger partial charge >= 0.3 is 5.63 Å². The highest BCUT2D eigenvalue weighted by Crippen LogP contribution is 2.37. The first kappa shape index (κ1) is 14.5. The summed E-state index contributed by atoms with van der Waals surface area (Å²) in [5.74, 6) is 0.759. The zero-order valence-corrected chi connectivity index (χ0v) is 14.1. The fraction of sp³-hybridized carbons (Fsp3) is 0.227. The molecule has 0 saturated heterocycles. The van der Waals surface area contributed by atoms with Gasteiger partial charge in [0.15, 0.2) is 0 Å². The van der Waals surface area contributed by atoms with Crippen molar-refractivity contribution in [3.8, 4) is 11.3 Å². The van der Waals surface area contributed by atoms with Gasteiger partial charge in [0.1, 0.15) is 16.9 Å². The van der Waals surface area contributed by atoms with Crippen LogP contribution in [0.3, 0.4) is 0 Å². The highest BCUT2D eigenvalue weighted by atomic mass is 16.4. The van der Waals surface area contributed by atoms with Crippen LogP contribution in [0.15, 0.2) is 56.1 Å². The average molecular weight is 330 g/mol. The predicted molar refractivity (Wildman–Crippen MR) is 99.1 cm³/mol. The zero-order chi connectivity index (χ0) is 17.0. The number of para-hydroxylation sites is 1. The van der Waals surface area contributed by atoms with Crippen LogP contribution in [0, 0.1) is 6.92 Å². The Morgan fingerprint density at radius 1 is 0.840 bits per heavy atom. The Hall–Kier alpha value is -2.81. The lowest BCUT2D eigenvalue weighted by molar-refractivity contribution is 0.558. The topological polar surface area (TPSA) is 43.4 Å². The van der Waals surface area contributed by atoms with Gasteiger partial charge in [0, 0.05) is 28.0 Å². The summed E-state index contributed by atoms with van der Waals surface area (Å²) in [6.45, 7) is 2.04. The summed E-state index contributed by atoms with van der Waals surface area (Å²) in [6.07, 6.45) is 4.56. The lowest BCUT2D eigenvalue weighted by atomic mass is 9.89. The standard InChI is InChI=1S/C22H18O3/c1-13-16-8-4-5-9-19(16)25-22(13)18-12-21(23)24-20-11-15-7-3-2-6-14(15)10-17(18)20/h4-5,8-12H,2-3,6-7H2,1H3. The SMILES string of the molecule is Cc1c(-c2cc(=O)oc3cc4c(cc23)CCCC4)oc2ccccc12. The second-order valence-corrected chi connectivity index (χ2v) is 6.86. The molecule has 0 spiro atoms. The molecular weight excluding hydrogens is 312 g/mol. The molecular formula is C22H18O3. The van der Waals surface area contributed by atoms with Gasteiger partial charge in [-0.05, 0) is 61.9 Å². The van der Waals surface area contributed by atoms with Crippen LogP contribution in [0.25, 0.3) is 33.3 Å². The Kier molecular flexibility index (Phi) is 3.11. The Bertz CT molecular complexity index is 1180. The van der Waals surface area contributed by atoms with Crippen LogP contribution < -0.4 is 5.63 Å². The molecule has 0 N–H and O–H groups in total. The van der Waals surface area contributed by atoms with Crippen LogP contribution in [-0.2, 0) is 12.8 Å². The fourth-order valence-electron chi connectivity index (χ4n) is 4.01. The lowest BCUT2D eigenvalue weighted by Crippen LogP contribution is -2.04. The summed E-state index contributed by atoms with van der Waals surface area (Å²) in [5.41, 5.74) is 5.71. The molecule has 0 unspecified atom stereocenters. The highest BCUT2D eigenvalue weighted by Gasteiger charge is 2.19. The van der Waals surface area contributed by atoms with Gasteiger partial charge in [-0.3, -0.25) is 0 Å². The van der Waals surface area contributed by atoms with Crippen molar-refractivity contribution in [1.82, 2.24) is 0 Å². The molecule has 2 aromatic carbocycles. The molecule has 5 rings (SSSR count). The Morgan fingerprint density at radius 2 is 1.60 bits per heavy atom. The van der Waals surface area contributed by atoms with Gasteiger partial charge in [-0.2, -0.15) is 0 Å². The van der Waals surface area contributed by atoms with Gasteiger partial charge in [0.2, 0.25) is 0 Å². The molecule has 3 heteroatoms. The second kappa shape index (κ2) is 5.35. The monoisotopic (exact) mass is 330 g/mol. The van der Waals surface area contributed by atoms with E-state index in [0.29, 0.717) is 5.58 Å². The third-order valence-electron chi connectivity index (χ3n) is 5.30. The van der Waals surface area contributed by atoms with Crippen LogP contribution >= 0.6 is 0 Å². The molecule has 0 bridgehead atoms. The Labute approximate surface area is 144 Å². The van der Waals surface area contributed by atoms with Crippen LogP contribution in [-0.4, -0.2) is 0 Å². The molecule has 4 aromatic rings. The Balaban J connectivity index is 1.85. The van der Waals surface area contributed by atoms with Crippen molar-refractivity contribution < 1.29 is 8.83 Å². The van der Waals surface area contributed by atoms with Gasteiger partial charge in [0.25, 0.3) is 0 Å². The van der Waals surface area contributed by atoms with Crippen LogP contribution in [0.4, 0.5) is 0 Å². The van der Waals surface area contributed by atoms with E-state index < -0.39 is 0 Å². The Morgan fingerprint density at radius 3 is 2.40 bits per heavy atom. The maximum absolute atomic E-state index is 12.2. The molecule has 1 aliphatic rings. The maximum atomic E-state index is 12.2. The van der Waals surface area contributed by atoms with Crippen molar-refractivity contribution in [1.29, 1.82) is 0 Å². The summed E-state index contributed by atoms with van der Waals surface area (Å²) in [7, 11) is 0. The zero-order valence-electron chi connectivity index (χ0n) is 14.1. The summed E-state index contributed by atoms with van der Waals surface area (Å²) in [5, 5.41) is 2.04. The summed E-state index contributed by atoms with van der Waals surface area (Å²) < 4.78 is 11.6. The molecule has 3 nitrogen and oxygen atoms in total. The van der Waals surface area contributed by atoms with Gasteiger partial charge in [0.05, 0.1) is 0 Å². The maximum Gasteiger partial charge on any atom is 0.336 e. The summed E-state index contributed by atoms with van der Waals surface area (Å²) >= 11 is 0. The van der Waals surface area contributed by atoms with Crippen LogP contribution in [0.5, 0.6) is 0 Å². The minimum absolute atomic E-state index is 0.335. The lowest BCUT2D eigenvalue weighted by Gasteiger charge is -2.16. The largest absolute Gasteiger partial charge is 0.456 e. The van der Waals surface area contributed by atoms with Crippen molar-refractivity contribution >= 4 is 21.9 Å². The third-order valence-corrected chi connectivity index (χ3v) is 5.30. The van der Waals surface area contributed by atoms with E-state index in [1.54, 1.807) is 6.07 Å². The molecule has 2 aromatic heterocycles. The van der Waals surface area contributed by atoms with Crippen LogP contribution in [0.2, 0.25) is 0 Å².